The molecule has 154 valence electrons. The number of carbonyl (C=O) groups excluding carboxylic acids is 2. The molecule has 0 N–H and O–H groups in total. The minimum Gasteiger partial charge on any atom is -0.466 e. The molecule has 0 radical (unpaired) electrons. The van der Waals surface area contributed by atoms with Crippen LogP contribution in [-0.4, -0.2) is 24.2 Å². The standard InChI is InChI=1S/C26H27O3P/c1-3-21(27)19-20-25(26(28)29-2)30(22-13-7-4-8-14-22,23-15-9-5-10-16-23)24-17-11-6-12-18-24/h4-18H,3,19-20H2,1-2H3. The van der Waals surface area contributed by atoms with Gasteiger partial charge in [-0.2, -0.15) is 0 Å². The molecular weight excluding hydrogens is 391 g/mol. The molecule has 0 heterocycles. The maximum Gasteiger partial charge on any atom is 0.334 e. The summed E-state index contributed by atoms with van der Waals surface area (Å²) in [6.45, 7) is -0.658. The average molecular weight is 418 g/mol. The van der Waals surface area contributed by atoms with Crippen LogP contribution in [0.25, 0.3) is 0 Å². The second-order valence-corrected chi connectivity index (χ2v) is 10.4. The molecule has 0 saturated carbocycles. The third-order valence-electron chi connectivity index (χ3n) is 5.29. The molecule has 4 heteroatoms. The predicted octanol–water partition coefficient (Wildman–Crippen LogP) is 4.09. The van der Waals surface area contributed by atoms with Gasteiger partial charge in [-0.3, -0.25) is 4.79 Å². The highest BCUT2D eigenvalue weighted by Gasteiger charge is 2.33. The van der Waals surface area contributed by atoms with Crippen molar-refractivity contribution >= 4 is 39.8 Å². The minimum atomic E-state index is -2.51. The fourth-order valence-electron chi connectivity index (χ4n) is 3.83. The van der Waals surface area contributed by atoms with Crippen LogP contribution in [0.4, 0.5) is 0 Å². The van der Waals surface area contributed by atoms with Crippen molar-refractivity contribution in [3.8, 4) is 0 Å². The molecule has 0 amide bonds. The van der Waals surface area contributed by atoms with Crippen LogP contribution in [0.1, 0.15) is 26.2 Å². The summed E-state index contributed by atoms with van der Waals surface area (Å²) >= 11 is 0. The molecule has 0 aromatic heterocycles. The summed E-state index contributed by atoms with van der Waals surface area (Å²) in [6.07, 6.45) is 1.17. The van der Waals surface area contributed by atoms with Crippen LogP contribution in [-0.2, 0) is 14.3 Å². The van der Waals surface area contributed by atoms with E-state index >= 15 is 0 Å². The van der Waals surface area contributed by atoms with Crippen LogP contribution in [0.3, 0.4) is 0 Å². The second-order valence-electron chi connectivity index (χ2n) is 7.01. The van der Waals surface area contributed by atoms with Gasteiger partial charge in [-0.25, -0.2) is 4.79 Å². The van der Waals surface area contributed by atoms with Gasteiger partial charge in [-0.05, 0) is 29.2 Å². The smallest absolute Gasteiger partial charge is 0.334 e. The molecule has 0 fully saturated rings. The fraction of sp³-hybridized carbons (Fsp3) is 0.192. The summed E-state index contributed by atoms with van der Waals surface area (Å²) in [5.41, 5.74) is 0. The van der Waals surface area contributed by atoms with Crippen molar-refractivity contribution in [2.45, 2.75) is 26.2 Å². The third-order valence-corrected chi connectivity index (χ3v) is 9.73. The molecule has 3 nitrogen and oxygen atoms in total. The van der Waals surface area contributed by atoms with Gasteiger partial charge in [0.1, 0.15) is 5.78 Å². The second kappa shape index (κ2) is 10.2. The van der Waals surface area contributed by atoms with Gasteiger partial charge in [-0.15, -0.1) is 0 Å². The summed E-state index contributed by atoms with van der Waals surface area (Å²) in [7, 11) is 1.42. The molecule has 0 aliphatic carbocycles. The molecule has 0 atom stereocenters. The van der Waals surface area contributed by atoms with E-state index in [1.54, 1.807) is 0 Å². The summed E-state index contributed by atoms with van der Waals surface area (Å²) < 4.78 is 5.29. The SMILES string of the molecule is CCC(=O)CCC(C(=O)OC)=P(c1ccccc1)(c1ccccc1)c1ccccc1. The van der Waals surface area contributed by atoms with E-state index in [1.165, 1.54) is 7.11 Å². The zero-order valence-electron chi connectivity index (χ0n) is 17.5. The highest BCUT2D eigenvalue weighted by Crippen LogP contribution is 2.47. The average Bonchev–Trinajstić information content (AvgIpc) is 2.82. The molecule has 0 aliphatic heterocycles. The van der Waals surface area contributed by atoms with Gasteiger partial charge in [0, 0.05) is 18.1 Å². The lowest BCUT2D eigenvalue weighted by molar-refractivity contribution is -0.132. The van der Waals surface area contributed by atoms with Crippen LogP contribution >= 0.6 is 6.89 Å². The van der Waals surface area contributed by atoms with Crippen LogP contribution in [0.2, 0.25) is 0 Å². The Kier molecular flexibility index (Phi) is 7.43. The molecule has 0 spiro atoms. The van der Waals surface area contributed by atoms with Crippen LogP contribution in [0.5, 0.6) is 0 Å². The first-order chi connectivity index (χ1) is 14.6. The molecule has 30 heavy (non-hydrogen) atoms. The first-order valence-corrected chi connectivity index (χ1v) is 12.0. The zero-order chi connectivity index (χ0) is 21.4. The number of benzene rings is 3. The Labute approximate surface area is 178 Å². The van der Waals surface area contributed by atoms with E-state index in [9.17, 15) is 9.59 Å². The highest BCUT2D eigenvalue weighted by atomic mass is 31.2. The maximum absolute atomic E-state index is 13.2. The predicted molar refractivity (Wildman–Crippen MR) is 127 cm³/mol. The molecule has 0 unspecified atom stereocenters. The first kappa shape index (κ1) is 21.8. The third kappa shape index (κ3) is 4.32. The van der Waals surface area contributed by atoms with E-state index in [1.807, 2.05) is 61.5 Å². The maximum atomic E-state index is 13.2. The van der Waals surface area contributed by atoms with E-state index in [0.717, 1.165) is 15.9 Å². The lowest BCUT2D eigenvalue weighted by Crippen LogP contribution is -2.34. The van der Waals surface area contributed by atoms with Crippen molar-refractivity contribution in [1.29, 1.82) is 0 Å². The number of hydrogen-bond acceptors (Lipinski definition) is 3. The van der Waals surface area contributed by atoms with Gasteiger partial charge < -0.3 is 4.74 Å². The number of Topliss-reactive ketones (excluding diaryl/α,β-unsaturated/α-hetero) is 1. The number of rotatable bonds is 8. The number of ketones is 1. The first-order valence-electron chi connectivity index (χ1n) is 10.2. The Morgan fingerprint density at radius 3 is 1.43 bits per heavy atom. The Balaban J connectivity index is 2.49. The largest absolute Gasteiger partial charge is 0.466 e. The van der Waals surface area contributed by atoms with E-state index < -0.39 is 6.89 Å². The molecule has 0 aliphatic rings. The van der Waals surface area contributed by atoms with Crippen molar-refractivity contribution in [3.63, 3.8) is 0 Å². The summed E-state index contributed by atoms with van der Waals surface area (Å²) in [5.74, 6) is -0.201. The molecule has 3 aromatic carbocycles. The van der Waals surface area contributed by atoms with E-state index in [4.69, 9.17) is 4.74 Å². The molecule has 3 aromatic rings. The minimum absolute atomic E-state index is 0.142. The Hall–Kier alpha value is -2.90. The lowest BCUT2D eigenvalue weighted by Gasteiger charge is -2.32. The van der Waals surface area contributed by atoms with E-state index in [0.29, 0.717) is 24.6 Å². The topological polar surface area (TPSA) is 43.4 Å². The fourth-order valence-corrected chi connectivity index (χ4v) is 8.33. The number of methoxy groups -OCH3 is 1. The van der Waals surface area contributed by atoms with Crippen molar-refractivity contribution in [1.82, 2.24) is 0 Å². The Morgan fingerprint density at radius 1 is 0.700 bits per heavy atom. The number of esters is 1. The van der Waals surface area contributed by atoms with Gasteiger partial charge in [0.2, 0.25) is 0 Å². The van der Waals surface area contributed by atoms with Crippen molar-refractivity contribution < 1.29 is 14.3 Å². The van der Waals surface area contributed by atoms with E-state index in [-0.39, 0.29) is 11.8 Å². The van der Waals surface area contributed by atoms with E-state index in [2.05, 4.69) is 36.4 Å². The van der Waals surface area contributed by atoms with Crippen LogP contribution in [0.15, 0.2) is 91.0 Å². The van der Waals surface area contributed by atoms with Gasteiger partial charge >= 0.3 is 5.97 Å². The summed E-state index contributed by atoms with van der Waals surface area (Å²) in [4.78, 5) is 25.4. The summed E-state index contributed by atoms with van der Waals surface area (Å²) in [6, 6.07) is 30.4. The van der Waals surface area contributed by atoms with Crippen LogP contribution in [0, 0.1) is 0 Å². The highest BCUT2D eigenvalue weighted by molar-refractivity contribution is 7.96. The van der Waals surface area contributed by atoms with Crippen molar-refractivity contribution in [2.75, 3.05) is 7.11 Å². The molecule has 0 saturated heterocycles. The van der Waals surface area contributed by atoms with Crippen LogP contribution < -0.4 is 15.9 Å². The van der Waals surface area contributed by atoms with Gasteiger partial charge in [-0.1, -0.05) is 97.9 Å². The Morgan fingerprint density at radius 2 is 1.10 bits per heavy atom. The molecular formula is C26H27O3P. The van der Waals surface area contributed by atoms with Gasteiger partial charge in [0.15, 0.2) is 0 Å². The normalized spacial score (nSPS) is 11.0. The lowest BCUT2D eigenvalue weighted by atomic mass is 10.1. The molecule has 3 rings (SSSR count). The Bertz CT molecular complexity index is 938. The number of ether oxygens (including phenoxy) is 1. The van der Waals surface area contributed by atoms with Gasteiger partial charge in [0.05, 0.1) is 7.11 Å². The van der Waals surface area contributed by atoms with Crippen molar-refractivity contribution in [3.05, 3.63) is 91.0 Å². The quantitative estimate of drug-likeness (QED) is 0.409. The number of hydrogen-bond donors (Lipinski definition) is 0. The van der Waals surface area contributed by atoms with Crippen molar-refractivity contribution in [2.24, 2.45) is 0 Å². The van der Waals surface area contributed by atoms with Gasteiger partial charge in [0.25, 0.3) is 0 Å². The monoisotopic (exact) mass is 418 g/mol. The summed E-state index contributed by atoms with van der Waals surface area (Å²) in [5, 5.41) is 3.90. The number of carbonyl (C=O) groups is 2. The molecule has 0 bridgehead atoms. The zero-order valence-corrected chi connectivity index (χ0v) is 18.3.